The van der Waals surface area contributed by atoms with Gasteiger partial charge in [-0.1, -0.05) is 60.7 Å². The first-order valence-electron chi connectivity index (χ1n) is 8.37. The maximum absolute atomic E-state index is 11.4. The van der Waals surface area contributed by atoms with E-state index in [-0.39, 0.29) is 0 Å². The van der Waals surface area contributed by atoms with E-state index in [0.29, 0.717) is 45.6 Å². The molecular weight excluding hydrogens is 316 g/mol. The number of hydrogen-bond donors (Lipinski definition) is 0. The van der Waals surface area contributed by atoms with E-state index in [1.807, 2.05) is 66.9 Å². The van der Waals surface area contributed by atoms with Crippen LogP contribution in [-0.4, -0.2) is 25.8 Å². The fourth-order valence-electron chi connectivity index (χ4n) is 2.41. The molecule has 0 unspecified atom stereocenters. The van der Waals surface area contributed by atoms with Gasteiger partial charge in [0.15, 0.2) is 0 Å². The molecule has 0 N–H and O–H groups in total. The first-order valence-corrected chi connectivity index (χ1v) is 8.37. The fourth-order valence-corrected chi connectivity index (χ4v) is 2.41. The summed E-state index contributed by atoms with van der Waals surface area (Å²) in [7, 11) is 0. The number of benzene rings is 2. The van der Waals surface area contributed by atoms with Crippen LogP contribution in [0.2, 0.25) is 0 Å². The van der Waals surface area contributed by atoms with Gasteiger partial charge in [0.25, 0.3) is 0 Å². The Morgan fingerprint density at radius 2 is 1.24 bits per heavy atom. The Hall–Kier alpha value is -2.30. The van der Waals surface area contributed by atoms with Gasteiger partial charge in [-0.3, -0.25) is 4.79 Å². The van der Waals surface area contributed by atoms with E-state index in [9.17, 15) is 9.59 Å². The zero-order chi connectivity index (χ0) is 17.8. The van der Waals surface area contributed by atoms with E-state index < -0.39 is 5.41 Å². The summed E-state index contributed by atoms with van der Waals surface area (Å²) in [5.41, 5.74) is 0.953. The van der Waals surface area contributed by atoms with Gasteiger partial charge in [-0.05, 0) is 24.0 Å². The average molecular weight is 339 g/mol. The predicted molar refractivity (Wildman–Crippen MR) is 95.6 cm³/mol. The summed E-state index contributed by atoms with van der Waals surface area (Å²) < 4.78 is 11.2. The molecule has 0 atom stereocenters. The summed E-state index contributed by atoms with van der Waals surface area (Å²) in [6.07, 6.45) is 3.16. The van der Waals surface area contributed by atoms with Crippen molar-refractivity contribution >= 4 is 12.6 Å². The van der Waals surface area contributed by atoms with Gasteiger partial charge in [-0.25, -0.2) is 0 Å². The minimum absolute atomic E-state index is 0.307. The molecule has 131 valence electrons. The van der Waals surface area contributed by atoms with Crippen LogP contribution in [-0.2, 0) is 32.3 Å². The lowest BCUT2D eigenvalue weighted by Crippen LogP contribution is -2.28. The van der Waals surface area contributed by atoms with Crippen LogP contribution in [0.5, 0.6) is 0 Å². The second-order valence-corrected chi connectivity index (χ2v) is 5.95. The van der Waals surface area contributed by atoms with Crippen molar-refractivity contribution in [2.24, 2.45) is 5.41 Å². The molecule has 2 aromatic carbocycles. The molecule has 2 aromatic rings. The van der Waals surface area contributed by atoms with Crippen molar-refractivity contribution in [3.05, 3.63) is 71.8 Å². The van der Waals surface area contributed by atoms with Crippen LogP contribution in [0, 0.1) is 5.41 Å². The molecule has 0 saturated carbocycles. The monoisotopic (exact) mass is 339 g/mol. The van der Waals surface area contributed by atoms with Crippen LogP contribution in [0.1, 0.15) is 24.0 Å². The molecule has 0 aliphatic rings. The number of aldehydes is 1. The Bertz CT molecular complexity index is 567. The van der Waals surface area contributed by atoms with E-state index in [0.717, 1.165) is 11.1 Å². The van der Waals surface area contributed by atoms with Gasteiger partial charge in [-0.15, -0.1) is 0 Å². The van der Waals surface area contributed by atoms with Gasteiger partial charge in [-0.2, -0.15) is 0 Å². The first-order chi connectivity index (χ1) is 12.3. The standard InChI is InChI=1S/C21H23O4/c22-17-21(18-23,11-13-24-15-19-7-3-1-4-8-19)12-14-25-16-20-9-5-2-6-10-20/h1-10,17H,11-16H2. The number of rotatable bonds is 12. The molecule has 0 saturated heterocycles. The molecule has 2 rings (SSSR count). The summed E-state index contributed by atoms with van der Waals surface area (Å²) in [5, 5.41) is 0. The molecule has 1 radical (unpaired) electrons. The first kappa shape index (κ1) is 19.0. The van der Waals surface area contributed by atoms with Crippen LogP contribution >= 0.6 is 0 Å². The van der Waals surface area contributed by atoms with Crippen molar-refractivity contribution in [2.75, 3.05) is 13.2 Å². The van der Waals surface area contributed by atoms with Crippen molar-refractivity contribution in [3.63, 3.8) is 0 Å². The highest BCUT2D eigenvalue weighted by atomic mass is 16.5. The normalized spacial score (nSPS) is 11.2. The smallest absolute Gasteiger partial charge is 0.212 e. The van der Waals surface area contributed by atoms with Crippen LogP contribution in [0.15, 0.2) is 60.7 Å². The lowest BCUT2D eigenvalue weighted by Gasteiger charge is -2.20. The lowest BCUT2D eigenvalue weighted by atomic mass is 9.85. The van der Waals surface area contributed by atoms with Gasteiger partial charge < -0.3 is 14.3 Å². The number of carbonyl (C=O) groups is 1. The van der Waals surface area contributed by atoms with Crippen LogP contribution < -0.4 is 0 Å². The third kappa shape index (κ3) is 6.61. The second kappa shape index (κ2) is 10.5. The van der Waals surface area contributed by atoms with Crippen molar-refractivity contribution < 1.29 is 19.1 Å². The molecule has 0 heterocycles. The molecule has 0 aliphatic heterocycles. The molecule has 0 amide bonds. The Balaban J connectivity index is 1.71. The lowest BCUT2D eigenvalue weighted by molar-refractivity contribution is -0.115. The zero-order valence-electron chi connectivity index (χ0n) is 14.2. The van der Waals surface area contributed by atoms with Gasteiger partial charge in [0.2, 0.25) is 6.29 Å². The summed E-state index contributed by atoms with van der Waals surface area (Å²) in [6.45, 7) is 1.56. The SMILES string of the molecule is O=[C]C(C=O)(CCOCc1ccccc1)CCOCc1ccccc1. The second-order valence-electron chi connectivity index (χ2n) is 5.95. The maximum atomic E-state index is 11.4. The summed E-state index contributed by atoms with van der Waals surface area (Å²) in [4.78, 5) is 22.7. The Kier molecular flexibility index (Phi) is 8.02. The van der Waals surface area contributed by atoms with Crippen molar-refractivity contribution in [1.82, 2.24) is 0 Å². The minimum atomic E-state index is -1.16. The van der Waals surface area contributed by atoms with E-state index >= 15 is 0 Å². The summed E-state index contributed by atoms with van der Waals surface area (Å²) in [6, 6.07) is 19.5. The van der Waals surface area contributed by atoms with Gasteiger partial charge in [0.05, 0.1) is 18.6 Å². The van der Waals surface area contributed by atoms with Crippen molar-refractivity contribution in [3.8, 4) is 0 Å². The third-order valence-electron chi connectivity index (χ3n) is 4.04. The third-order valence-corrected chi connectivity index (χ3v) is 4.04. The molecule has 4 nitrogen and oxygen atoms in total. The van der Waals surface area contributed by atoms with E-state index in [2.05, 4.69) is 0 Å². The van der Waals surface area contributed by atoms with Gasteiger partial charge in [0, 0.05) is 13.2 Å². The molecular formula is C21H23O4. The van der Waals surface area contributed by atoms with E-state index in [1.165, 1.54) is 0 Å². The minimum Gasteiger partial charge on any atom is -0.377 e. The molecule has 0 spiro atoms. The quantitative estimate of drug-likeness (QED) is 0.337. The van der Waals surface area contributed by atoms with Gasteiger partial charge >= 0.3 is 0 Å². The highest BCUT2D eigenvalue weighted by Gasteiger charge is 2.30. The van der Waals surface area contributed by atoms with E-state index in [1.54, 1.807) is 0 Å². The van der Waals surface area contributed by atoms with Gasteiger partial charge in [0.1, 0.15) is 6.29 Å². The number of ether oxygens (including phenoxy) is 2. The Morgan fingerprint density at radius 1 is 0.800 bits per heavy atom. The number of hydrogen-bond acceptors (Lipinski definition) is 4. The molecule has 0 fully saturated rings. The Morgan fingerprint density at radius 3 is 1.60 bits per heavy atom. The Labute approximate surface area is 148 Å². The van der Waals surface area contributed by atoms with Crippen LogP contribution in [0.3, 0.4) is 0 Å². The topological polar surface area (TPSA) is 52.6 Å². The molecule has 0 bridgehead atoms. The fraction of sp³-hybridized carbons (Fsp3) is 0.333. The predicted octanol–water partition coefficient (Wildman–Crippen LogP) is 3.50. The molecule has 25 heavy (non-hydrogen) atoms. The highest BCUT2D eigenvalue weighted by molar-refractivity contribution is 5.83. The van der Waals surface area contributed by atoms with Crippen molar-refractivity contribution in [1.29, 1.82) is 0 Å². The summed E-state index contributed by atoms with van der Waals surface area (Å²) >= 11 is 0. The van der Waals surface area contributed by atoms with Crippen LogP contribution in [0.4, 0.5) is 0 Å². The summed E-state index contributed by atoms with van der Waals surface area (Å²) in [5.74, 6) is 0. The van der Waals surface area contributed by atoms with E-state index in [4.69, 9.17) is 9.47 Å². The zero-order valence-corrected chi connectivity index (χ0v) is 14.2. The average Bonchev–Trinajstić information content (AvgIpc) is 2.69. The molecule has 0 aliphatic carbocycles. The van der Waals surface area contributed by atoms with Crippen LogP contribution in [0.25, 0.3) is 0 Å². The highest BCUT2D eigenvalue weighted by Crippen LogP contribution is 2.22. The number of carbonyl (C=O) groups excluding carboxylic acids is 2. The molecule has 4 heteroatoms. The van der Waals surface area contributed by atoms with Crippen molar-refractivity contribution in [2.45, 2.75) is 26.1 Å². The molecule has 0 aromatic heterocycles. The maximum Gasteiger partial charge on any atom is 0.212 e. The largest absolute Gasteiger partial charge is 0.377 e.